The van der Waals surface area contributed by atoms with Crippen molar-refractivity contribution in [2.24, 2.45) is 0 Å². The SMILES string of the molecule is CCOC(=O)N1CCc2c(sc3c2c(=O)n(-c2ccc(F)cc2)c(=O)n3Cc2ccccc2Cl)C1. The molecule has 0 radical (unpaired) electrons. The Morgan fingerprint density at radius 1 is 1.14 bits per heavy atom. The summed E-state index contributed by atoms with van der Waals surface area (Å²) >= 11 is 7.71. The molecule has 3 heterocycles. The molecule has 1 amide bonds. The molecular formula is C25H21ClFN3O4S. The normalized spacial score (nSPS) is 13.2. The summed E-state index contributed by atoms with van der Waals surface area (Å²) in [7, 11) is 0. The molecule has 0 saturated heterocycles. The molecule has 0 bridgehead atoms. The fourth-order valence-corrected chi connectivity index (χ4v) is 5.87. The second-order valence-corrected chi connectivity index (χ2v) is 9.62. The number of nitrogens with zero attached hydrogens (tertiary/aromatic N) is 3. The lowest BCUT2D eigenvalue weighted by molar-refractivity contribution is 0.103. The molecule has 4 aromatic rings. The molecule has 0 N–H and O–H groups in total. The first-order valence-corrected chi connectivity index (χ1v) is 12.3. The van der Waals surface area contributed by atoms with Crippen LogP contribution in [0.5, 0.6) is 0 Å². The van der Waals surface area contributed by atoms with E-state index in [1.54, 1.807) is 24.0 Å². The summed E-state index contributed by atoms with van der Waals surface area (Å²) in [5.41, 5.74) is 0.810. The van der Waals surface area contributed by atoms with Gasteiger partial charge in [0.15, 0.2) is 0 Å². The first kappa shape index (κ1) is 23.3. The van der Waals surface area contributed by atoms with Crippen molar-refractivity contribution < 1.29 is 13.9 Å². The number of ether oxygens (including phenoxy) is 1. The van der Waals surface area contributed by atoms with Gasteiger partial charge in [0, 0.05) is 16.4 Å². The summed E-state index contributed by atoms with van der Waals surface area (Å²) in [6, 6.07) is 12.4. The van der Waals surface area contributed by atoms with Gasteiger partial charge >= 0.3 is 11.8 Å². The monoisotopic (exact) mass is 513 g/mol. The van der Waals surface area contributed by atoms with Gasteiger partial charge in [0.25, 0.3) is 5.56 Å². The van der Waals surface area contributed by atoms with Gasteiger partial charge < -0.3 is 9.64 Å². The minimum Gasteiger partial charge on any atom is -0.450 e. The second-order valence-electron chi connectivity index (χ2n) is 8.13. The van der Waals surface area contributed by atoms with Crippen molar-refractivity contribution in [3.63, 3.8) is 0 Å². The van der Waals surface area contributed by atoms with E-state index in [4.69, 9.17) is 16.3 Å². The molecule has 1 aliphatic rings. The lowest BCUT2D eigenvalue weighted by Gasteiger charge is -2.25. The maximum atomic E-state index is 13.7. The van der Waals surface area contributed by atoms with E-state index >= 15 is 0 Å². The standard InChI is InChI=1S/C25H21ClFN3O4S/c1-2-34-25(33)28-12-11-18-20(14-28)35-23-21(18)22(31)30(17-9-7-16(27)8-10-17)24(32)29(23)13-15-5-3-4-6-19(15)26/h3-10H,2,11-14H2,1H3. The number of carbonyl (C=O) groups is 1. The smallest absolute Gasteiger partial charge is 0.410 e. The number of thiophene rings is 1. The van der Waals surface area contributed by atoms with E-state index in [2.05, 4.69) is 0 Å². The quantitative estimate of drug-likeness (QED) is 0.401. The molecule has 0 fully saturated rings. The molecule has 0 unspecified atom stereocenters. The Kier molecular flexibility index (Phi) is 6.21. The van der Waals surface area contributed by atoms with Crippen LogP contribution >= 0.6 is 22.9 Å². The molecule has 7 nitrogen and oxygen atoms in total. The number of halogens is 2. The van der Waals surface area contributed by atoms with Crippen LogP contribution in [0.3, 0.4) is 0 Å². The van der Waals surface area contributed by atoms with Crippen LogP contribution in [0.4, 0.5) is 9.18 Å². The zero-order valence-electron chi connectivity index (χ0n) is 18.8. The number of rotatable bonds is 4. The van der Waals surface area contributed by atoms with Crippen molar-refractivity contribution in [2.45, 2.75) is 26.4 Å². The van der Waals surface area contributed by atoms with Gasteiger partial charge in [-0.1, -0.05) is 29.8 Å². The van der Waals surface area contributed by atoms with Crippen molar-refractivity contribution >= 4 is 39.2 Å². The van der Waals surface area contributed by atoms with Crippen molar-refractivity contribution in [3.05, 3.63) is 96.2 Å². The van der Waals surface area contributed by atoms with Crippen LogP contribution in [0.15, 0.2) is 58.1 Å². The number of amides is 1. The predicted octanol–water partition coefficient (Wildman–Crippen LogP) is 4.57. The van der Waals surface area contributed by atoms with Gasteiger partial charge in [0.1, 0.15) is 10.6 Å². The van der Waals surface area contributed by atoms with Crippen LogP contribution in [-0.4, -0.2) is 33.3 Å². The van der Waals surface area contributed by atoms with Crippen molar-refractivity contribution in [3.8, 4) is 5.69 Å². The minimum absolute atomic E-state index is 0.150. The highest BCUT2D eigenvalue weighted by Crippen LogP contribution is 2.34. The highest BCUT2D eigenvalue weighted by molar-refractivity contribution is 7.18. The molecule has 5 rings (SSSR count). The molecule has 35 heavy (non-hydrogen) atoms. The molecule has 2 aromatic carbocycles. The Balaban J connectivity index is 1.74. The van der Waals surface area contributed by atoms with Gasteiger partial charge in [0.05, 0.1) is 30.8 Å². The minimum atomic E-state index is -0.546. The first-order valence-electron chi connectivity index (χ1n) is 11.1. The van der Waals surface area contributed by atoms with E-state index in [9.17, 15) is 18.8 Å². The average molecular weight is 514 g/mol. The van der Waals surface area contributed by atoms with Crippen molar-refractivity contribution in [1.82, 2.24) is 14.0 Å². The number of fused-ring (bicyclic) bond motifs is 3. The van der Waals surface area contributed by atoms with E-state index in [1.807, 2.05) is 12.1 Å². The van der Waals surface area contributed by atoms with Gasteiger partial charge in [-0.15, -0.1) is 11.3 Å². The van der Waals surface area contributed by atoms with Crippen molar-refractivity contribution in [1.29, 1.82) is 0 Å². The fraction of sp³-hybridized carbons (Fsp3) is 0.240. The Bertz CT molecular complexity index is 1560. The molecule has 2 aromatic heterocycles. The molecule has 0 aliphatic carbocycles. The van der Waals surface area contributed by atoms with Gasteiger partial charge in [-0.3, -0.25) is 9.36 Å². The first-order chi connectivity index (χ1) is 16.9. The zero-order chi connectivity index (χ0) is 24.7. The number of benzene rings is 2. The van der Waals surface area contributed by atoms with E-state index in [0.717, 1.165) is 20.6 Å². The lowest BCUT2D eigenvalue weighted by atomic mass is 10.1. The summed E-state index contributed by atoms with van der Waals surface area (Å²) in [6.45, 7) is 2.87. The molecular weight excluding hydrogens is 493 g/mol. The predicted molar refractivity (Wildman–Crippen MR) is 133 cm³/mol. The average Bonchev–Trinajstić information content (AvgIpc) is 3.23. The summed E-state index contributed by atoms with van der Waals surface area (Å²) in [5.74, 6) is -0.466. The summed E-state index contributed by atoms with van der Waals surface area (Å²) in [6.07, 6.45) is 0.0460. The number of aromatic nitrogens is 2. The highest BCUT2D eigenvalue weighted by atomic mass is 35.5. The van der Waals surface area contributed by atoms with Gasteiger partial charge in [-0.2, -0.15) is 0 Å². The molecule has 10 heteroatoms. The Morgan fingerprint density at radius 2 is 1.89 bits per heavy atom. The number of carbonyl (C=O) groups excluding carboxylic acids is 1. The molecule has 1 aliphatic heterocycles. The molecule has 0 spiro atoms. The summed E-state index contributed by atoms with van der Waals surface area (Å²) < 4.78 is 21.3. The van der Waals surface area contributed by atoms with Crippen LogP contribution in [-0.2, 0) is 24.2 Å². The third kappa shape index (κ3) is 4.15. The third-order valence-corrected chi connectivity index (χ3v) is 7.63. The lowest BCUT2D eigenvalue weighted by Crippen LogP contribution is -2.39. The van der Waals surface area contributed by atoms with Gasteiger partial charge in [0.2, 0.25) is 0 Å². The summed E-state index contributed by atoms with van der Waals surface area (Å²) in [4.78, 5) is 42.6. The van der Waals surface area contributed by atoms with Gasteiger partial charge in [-0.25, -0.2) is 18.5 Å². The van der Waals surface area contributed by atoms with Crippen LogP contribution in [0.25, 0.3) is 15.9 Å². The fourth-order valence-electron chi connectivity index (χ4n) is 4.33. The summed E-state index contributed by atoms with van der Waals surface area (Å²) in [5, 5.41) is 0.936. The molecule has 0 atom stereocenters. The molecule has 0 saturated carbocycles. The van der Waals surface area contributed by atoms with E-state index in [0.29, 0.717) is 34.7 Å². The highest BCUT2D eigenvalue weighted by Gasteiger charge is 2.29. The Morgan fingerprint density at radius 3 is 2.60 bits per heavy atom. The maximum absolute atomic E-state index is 13.7. The van der Waals surface area contributed by atoms with Crippen LogP contribution < -0.4 is 11.2 Å². The number of hydrogen-bond donors (Lipinski definition) is 0. The van der Waals surface area contributed by atoms with E-state index < -0.39 is 23.2 Å². The van der Waals surface area contributed by atoms with Crippen molar-refractivity contribution in [2.75, 3.05) is 13.2 Å². The zero-order valence-corrected chi connectivity index (χ0v) is 20.4. The van der Waals surface area contributed by atoms with E-state index in [-0.39, 0.29) is 18.8 Å². The molecule has 180 valence electrons. The van der Waals surface area contributed by atoms with Crippen LogP contribution in [0, 0.1) is 5.82 Å². The Hall–Kier alpha value is -3.43. The number of hydrogen-bond acceptors (Lipinski definition) is 5. The van der Waals surface area contributed by atoms with Crippen LogP contribution in [0.2, 0.25) is 5.02 Å². The largest absolute Gasteiger partial charge is 0.450 e. The third-order valence-electron chi connectivity index (χ3n) is 6.02. The topological polar surface area (TPSA) is 73.5 Å². The second kappa shape index (κ2) is 9.31. The van der Waals surface area contributed by atoms with E-state index in [1.165, 1.54) is 40.2 Å². The Labute approximate surface area is 208 Å². The maximum Gasteiger partial charge on any atom is 0.410 e. The van der Waals surface area contributed by atoms with Crippen LogP contribution in [0.1, 0.15) is 22.9 Å². The van der Waals surface area contributed by atoms with Gasteiger partial charge in [-0.05, 0) is 54.8 Å².